The summed E-state index contributed by atoms with van der Waals surface area (Å²) in [6.07, 6.45) is 2.60. The number of Topliss-reactive ketones (excluding diaryl/α,β-unsaturated/α-hetero) is 1. The second-order valence-corrected chi connectivity index (χ2v) is 3.39. The molecule has 0 aliphatic rings. The minimum Gasteiger partial charge on any atom is -0.353 e. The van der Waals surface area contributed by atoms with Crippen LogP contribution in [0.25, 0.3) is 0 Å². The molecule has 0 aliphatic heterocycles. The van der Waals surface area contributed by atoms with Crippen LogP contribution >= 0.6 is 0 Å². The summed E-state index contributed by atoms with van der Waals surface area (Å²) in [5.74, 6) is 0.167. The maximum atomic E-state index is 9.44. The molecule has 0 bridgehead atoms. The van der Waals surface area contributed by atoms with Crippen molar-refractivity contribution in [1.29, 1.82) is 0 Å². The van der Waals surface area contributed by atoms with Gasteiger partial charge in [0.25, 0.3) is 0 Å². The average molecular weight is 234 g/mol. The quantitative estimate of drug-likeness (QED) is 0.679. The van der Waals surface area contributed by atoms with Gasteiger partial charge < -0.3 is 14.3 Å². The Balaban J connectivity index is -0.000000179. The van der Waals surface area contributed by atoms with Crippen LogP contribution in [-0.2, 0) is 14.3 Å². The van der Waals surface area contributed by atoms with E-state index < -0.39 is 0 Å². The predicted molar refractivity (Wildman–Crippen MR) is 69.7 cm³/mol. The van der Waals surface area contributed by atoms with Gasteiger partial charge in [0.2, 0.25) is 0 Å². The molecule has 100 valence electrons. The SMILES string of the molecule is CC(C)=O.CCCC.CCOC(C)OCC. The van der Waals surface area contributed by atoms with Gasteiger partial charge in [-0.1, -0.05) is 26.7 Å². The lowest BCUT2D eigenvalue weighted by molar-refractivity contribution is -0.123. The number of ether oxygens (including phenoxy) is 2. The van der Waals surface area contributed by atoms with Crippen molar-refractivity contribution >= 4 is 5.78 Å². The molecule has 0 N–H and O–H groups in total. The molecule has 0 saturated carbocycles. The molecule has 0 heterocycles. The summed E-state index contributed by atoms with van der Waals surface area (Å²) < 4.78 is 10.1. The number of carbonyl (C=O) groups is 1. The van der Waals surface area contributed by atoms with E-state index in [4.69, 9.17) is 9.47 Å². The molecule has 0 spiro atoms. The third-order valence-electron chi connectivity index (χ3n) is 1.30. The van der Waals surface area contributed by atoms with E-state index in [0.717, 1.165) is 13.2 Å². The van der Waals surface area contributed by atoms with Crippen molar-refractivity contribution < 1.29 is 14.3 Å². The van der Waals surface area contributed by atoms with Crippen LogP contribution in [0.1, 0.15) is 61.3 Å². The molecule has 0 rings (SSSR count). The Morgan fingerprint density at radius 2 is 1.19 bits per heavy atom. The minimum atomic E-state index is -0.0370. The molecular formula is C13H30O3. The highest BCUT2D eigenvalue weighted by molar-refractivity contribution is 5.72. The molecule has 0 aromatic rings. The lowest BCUT2D eigenvalue weighted by atomic mass is 10.4. The van der Waals surface area contributed by atoms with Gasteiger partial charge in [0.1, 0.15) is 5.78 Å². The van der Waals surface area contributed by atoms with Crippen molar-refractivity contribution in [2.75, 3.05) is 13.2 Å². The number of carbonyl (C=O) groups excluding carboxylic acids is 1. The maximum Gasteiger partial charge on any atom is 0.154 e. The number of unbranched alkanes of at least 4 members (excludes halogenated alkanes) is 1. The second kappa shape index (κ2) is 20.1. The topological polar surface area (TPSA) is 35.5 Å². The van der Waals surface area contributed by atoms with Crippen LogP contribution in [0.5, 0.6) is 0 Å². The average Bonchev–Trinajstić information content (AvgIpc) is 2.18. The number of hydrogen-bond acceptors (Lipinski definition) is 3. The van der Waals surface area contributed by atoms with E-state index in [9.17, 15) is 4.79 Å². The largest absolute Gasteiger partial charge is 0.353 e. The summed E-state index contributed by atoms with van der Waals surface area (Å²) >= 11 is 0. The third-order valence-corrected chi connectivity index (χ3v) is 1.30. The summed E-state index contributed by atoms with van der Waals surface area (Å²) in [4.78, 5) is 9.44. The van der Waals surface area contributed by atoms with Crippen LogP contribution in [0.15, 0.2) is 0 Å². The van der Waals surface area contributed by atoms with E-state index in [-0.39, 0.29) is 12.1 Å². The molecule has 3 heteroatoms. The van der Waals surface area contributed by atoms with Gasteiger partial charge in [0.05, 0.1) is 0 Å². The number of ketones is 1. The summed E-state index contributed by atoms with van der Waals surface area (Å²) in [6.45, 7) is 14.7. The van der Waals surface area contributed by atoms with E-state index >= 15 is 0 Å². The van der Waals surface area contributed by atoms with Gasteiger partial charge in [-0.25, -0.2) is 0 Å². The second-order valence-electron chi connectivity index (χ2n) is 3.39. The van der Waals surface area contributed by atoms with Crippen molar-refractivity contribution in [3.8, 4) is 0 Å². The molecule has 0 aromatic heterocycles. The maximum absolute atomic E-state index is 9.44. The van der Waals surface area contributed by atoms with E-state index in [1.54, 1.807) is 0 Å². The van der Waals surface area contributed by atoms with Gasteiger partial charge >= 0.3 is 0 Å². The molecular weight excluding hydrogens is 204 g/mol. The molecule has 0 fully saturated rings. The Morgan fingerprint density at radius 1 is 0.938 bits per heavy atom. The van der Waals surface area contributed by atoms with Crippen molar-refractivity contribution in [3.63, 3.8) is 0 Å². The third kappa shape index (κ3) is 49.6. The first-order valence-corrected chi connectivity index (χ1v) is 6.16. The van der Waals surface area contributed by atoms with Gasteiger partial charge in [-0.05, 0) is 34.6 Å². The van der Waals surface area contributed by atoms with Crippen molar-refractivity contribution in [2.24, 2.45) is 0 Å². The molecule has 0 aliphatic carbocycles. The lowest BCUT2D eigenvalue weighted by Crippen LogP contribution is -2.11. The Morgan fingerprint density at radius 3 is 1.31 bits per heavy atom. The van der Waals surface area contributed by atoms with Crippen molar-refractivity contribution in [2.45, 2.75) is 67.6 Å². The summed E-state index contributed by atoms with van der Waals surface area (Å²) in [6, 6.07) is 0. The smallest absolute Gasteiger partial charge is 0.154 e. The molecule has 0 atom stereocenters. The fraction of sp³-hybridized carbons (Fsp3) is 0.923. The van der Waals surface area contributed by atoms with E-state index in [2.05, 4.69) is 13.8 Å². The van der Waals surface area contributed by atoms with Crippen LogP contribution in [0.3, 0.4) is 0 Å². The number of rotatable bonds is 5. The Bertz CT molecular complexity index is 112. The normalized spacial score (nSPS) is 8.75. The van der Waals surface area contributed by atoms with E-state index in [1.165, 1.54) is 26.7 Å². The summed E-state index contributed by atoms with van der Waals surface area (Å²) in [5, 5.41) is 0. The first-order valence-electron chi connectivity index (χ1n) is 6.16. The van der Waals surface area contributed by atoms with Gasteiger partial charge in [0, 0.05) is 13.2 Å². The Labute approximate surface area is 102 Å². The molecule has 0 amide bonds. The fourth-order valence-electron chi connectivity index (χ4n) is 0.518. The van der Waals surface area contributed by atoms with Gasteiger partial charge in [0.15, 0.2) is 6.29 Å². The van der Waals surface area contributed by atoms with Crippen LogP contribution in [0, 0.1) is 0 Å². The molecule has 0 unspecified atom stereocenters. The lowest BCUT2D eigenvalue weighted by Gasteiger charge is -2.09. The number of hydrogen-bond donors (Lipinski definition) is 0. The van der Waals surface area contributed by atoms with Crippen LogP contribution < -0.4 is 0 Å². The predicted octanol–water partition coefficient (Wildman–Crippen LogP) is 3.81. The highest BCUT2D eigenvalue weighted by Crippen LogP contribution is 1.90. The Kier molecular flexibility index (Phi) is 26.2. The van der Waals surface area contributed by atoms with E-state index in [1.807, 2.05) is 20.8 Å². The van der Waals surface area contributed by atoms with E-state index in [0.29, 0.717) is 0 Å². The first kappa shape index (κ1) is 20.9. The minimum absolute atomic E-state index is 0.0370. The van der Waals surface area contributed by atoms with Crippen molar-refractivity contribution in [1.82, 2.24) is 0 Å². The van der Waals surface area contributed by atoms with Gasteiger partial charge in [-0.15, -0.1) is 0 Å². The van der Waals surface area contributed by atoms with Gasteiger partial charge in [-0.2, -0.15) is 0 Å². The zero-order valence-electron chi connectivity index (χ0n) is 12.1. The molecule has 0 aromatic carbocycles. The zero-order chi connectivity index (χ0) is 13.4. The zero-order valence-corrected chi connectivity index (χ0v) is 12.1. The monoisotopic (exact) mass is 234 g/mol. The standard InChI is InChI=1S/C6H14O2.C4H10.C3H6O/c1-4-7-6(3)8-5-2;1-3-4-2;1-3(2)4/h6H,4-5H2,1-3H3;3-4H2,1-2H3;1-2H3. The first-order chi connectivity index (χ1) is 7.45. The fourth-order valence-corrected chi connectivity index (χ4v) is 0.518. The highest BCUT2D eigenvalue weighted by atomic mass is 16.7. The van der Waals surface area contributed by atoms with Crippen LogP contribution in [-0.4, -0.2) is 25.3 Å². The molecule has 0 radical (unpaired) electrons. The Hall–Kier alpha value is -0.410. The van der Waals surface area contributed by atoms with Gasteiger partial charge in [-0.3, -0.25) is 0 Å². The van der Waals surface area contributed by atoms with Crippen LogP contribution in [0.2, 0.25) is 0 Å². The molecule has 16 heavy (non-hydrogen) atoms. The van der Waals surface area contributed by atoms with Crippen LogP contribution in [0.4, 0.5) is 0 Å². The summed E-state index contributed by atoms with van der Waals surface area (Å²) in [7, 11) is 0. The van der Waals surface area contributed by atoms with Crippen molar-refractivity contribution in [3.05, 3.63) is 0 Å². The molecule has 3 nitrogen and oxygen atoms in total. The summed E-state index contributed by atoms with van der Waals surface area (Å²) in [5.41, 5.74) is 0. The molecule has 0 saturated heterocycles. The highest BCUT2D eigenvalue weighted by Gasteiger charge is 1.94.